The maximum Gasteiger partial charge on any atom is 0.416 e. The highest BCUT2D eigenvalue weighted by Gasteiger charge is 2.29. The lowest BCUT2D eigenvalue weighted by Gasteiger charge is -2.15. The van der Waals surface area contributed by atoms with E-state index in [9.17, 15) is 27.6 Å². The zero-order valence-electron chi connectivity index (χ0n) is 31.2. The van der Waals surface area contributed by atoms with Crippen molar-refractivity contribution in [3.63, 3.8) is 0 Å². The molecule has 0 unspecified atom stereocenters. The number of hydrogen-bond donors (Lipinski definition) is 0. The molecule has 5 aromatic carbocycles. The third-order valence-corrected chi connectivity index (χ3v) is 8.22. The van der Waals surface area contributed by atoms with Crippen molar-refractivity contribution in [3.8, 4) is 28.7 Å². The molecule has 0 N–H and O–H groups in total. The van der Waals surface area contributed by atoms with Gasteiger partial charge in [-0.2, -0.15) is 13.2 Å². The predicted molar refractivity (Wildman–Crippen MR) is 205 cm³/mol. The fourth-order valence-corrected chi connectivity index (χ4v) is 4.82. The van der Waals surface area contributed by atoms with Crippen LogP contribution in [0.5, 0.6) is 28.7 Å². The number of aldehydes is 3. The minimum Gasteiger partial charge on any atom is -0.493 e. The van der Waals surface area contributed by atoms with Crippen LogP contribution in [0.2, 0.25) is 0 Å². The topological polar surface area (TPSA) is 97.4 Å². The summed E-state index contributed by atoms with van der Waals surface area (Å²) in [6.45, 7) is 5.63. The molecule has 0 aromatic heterocycles. The summed E-state index contributed by atoms with van der Waals surface area (Å²) in [5, 5.41) is 0. The number of hydrogen-bond acceptors (Lipinski definition) is 8. The molecule has 0 amide bonds. The number of carbonyl (C=O) groups excluding carboxylic acids is 3. The van der Waals surface area contributed by atoms with Crippen molar-refractivity contribution >= 4 is 18.9 Å². The molecule has 0 bridgehead atoms. The molecule has 11 heteroatoms. The van der Waals surface area contributed by atoms with Crippen LogP contribution in [-0.4, -0.2) is 39.7 Å². The number of halogens is 3. The Morgan fingerprint density at radius 3 is 1.49 bits per heavy atom. The van der Waals surface area contributed by atoms with Crippen LogP contribution in [0.4, 0.5) is 13.2 Å². The van der Waals surface area contributed by atoms with Crippen molar-refractivity contribution < 1.29 is 51.2 Å². The van der Waals surface area contributed by atoms with Crippen molar-refractivity contribution in [1.29, 1.82) is 0 Å². The van der Waals surface area contributed by atoms with Crippen molar-refractivity contribution in [2.75, 3.05) is 20.8 Å². The van der Waals surface area contributed by atoms with Crippen LogP contribution < -0.4 is 23.7 Å². The van der Waals surface area contributed by atoms with Gasteiger partial charge in [0.1, 0.15) is 37.8 Å². The molecular formula is C44H45F3O8. The van der Waals surface area contributed by atoms with E-state index in [1.165, 1.54) is 12.1 Å². The average Bonchev–Trinajstić information content (AvgIpc) is 3.23. The second-order valence-corrected chi connectivity index (χ2v) is 12.0. The van der Waals surface area contributed by atoms with E-state index in [1.807, 2.05) is 30.3 Å². The third-order valence-electron chi connectivity index (χ3n) is 8.22. The standard InChI is InChI=1S/C15H11F3O2.C15H14O3.C14H20O3/c16-15(17,18)13-5-1-12(2-6-13)10-20-14-7-3-11(9-19)4-8-14;1-17-15-9-13(10-16)7-8-14(15)18-11-12-5-3-2-4-6-12;1-4-11(5-2)10-17-13-7-6-12(9-15)8-14(13)16-3/h1-9H,10H2;2-10H,11H2,1H3;6-9,11H,4-5,10H2,1-3H3. The predicted octanol–water partition coefficient (Wildman–Crippen LogP) is 10.5. The summed E-state index contributed by atoms with van der Waals surface area (Å²) in [7, 11) is 3.13. The molecule has 0 aliphatic heterocycles. The SMILES string of the molecule is CCC(CC)COc1ccc(C=O)cc1OC.COc1cc(C=O)ccc1OCc1ccccc1.O=Cc1ccc(OCc2ccc(C(F)(F)F)cc2)cc1. The van der Waals surface area contributed by atoms with E-state index >= 15 is 0 Å². The van der Waals surface area contributed by atoms with Gasteiger partial charge in [-0.3, -0.25) is 14.4 Å². The Morgan fingerprint density at radius 2 is 1.02 bits per heavy atom. The Bertz CT molecular complexity index is 1890. The number of ether oxygens (including phenoxy) is 5. The summed E-state index contributed by atoms with van der Waals surface area (Å²) < 4.78 is 64.4. The highest BCUT2D eigenvalue weighted by atomic mass is 19.4. The van der Waals surface area contributed by atoms with E-state index < -0.39 is 11.7 Å². The van der Waals surface area contributed by atoms with E-state index in [0.29, 0.717) is 70.1 Å². The Morgan fingerprint density at radius 1 is 0.545 bits per heavy atom. The highest BCUT2D eigenvalue weighted by Crippen LogP contribution is 2.30. The lowest BCUT2D eigenvalue weighted by atomic mass is 10.1. The van der Waals surface area contributed by atoms with Gasteiger partial charge in [-0.1, -0.05) is 69.2 Å². The van der Waals surface area contributed by atoms with E-state index in [1.54, 1.807) is 74.9 Å². The maximum absolute atomic E-state index is 12.4. The maximum atomic E-state index is 12.4. The minimum absolute atomic E-state index is 0.165. The molecule has 0 spiro atoms. The Kier molecular flexibility index (Phi) is 18.0. The van der Waals surface area contributed by atoms with Crippen LogP contribution >= 0.6 is 0 Å². The van der Waals surface area contributed by atoms with Gasteiger partial charge in [-0.25, -0.2) is 0 Å². The molecule has 0 atom stereocenters. The van der Waals surface area contributed by atoms with Gasteiger partial charge in [0.15, 0.2) is 23.0 Å². The Balaban J connectivity index is 0.000000222. The smallest absolute Gasteiger partial charge is 0.416 e. The van der Waals surface area contributed by atoms with E-state index in [0.717, 1.165) is 49.4 Å². The number of alkyl halides is 3. The van der Waals surface area contributed by atoms with Crippen molar-refractivity contribution in [3.05, 3.63) is 149 Å². The molecule has 0 saturated heterocycles. The van der Waals surface area contributed by atoms with Gasteiger partial charge >= 0.3 is 6.18 Å². The number of carbonyl (C=O) groups is 3. The van der Waals surface area contributed by atoms with Crippen LogP contribution in [0.1, 0.15) is 74.5 Å². The van der Waals surface area contributed by atoms with Crippen LogP contribution in [0.3, 0.4) is 0 Å². The fraction of sp³-hybridized carbons (Fsp3) is 0.250. The van der Waals surface area contributed by atoms with Gasteiger partial charge in [0.2, 0.25) is 0 Å². The van der Waals surface area contributed by atoms with E-state index in [-0.39, 0.29) is 6.61 Å². The lowest BCUT2D eigenvalue weighted by Crippen LogP contribution is -2.10. The molecular weight excluding hydrogens is 713 g/mol. The third kappa shape index (κ3) is 14.7. The van der Waals surface area contributed by atoms with Crippen LogP contribution in [-0.2, 0) is 19.4 Å². The summed E-state index contributed by atoms with van der Waals surface area (Å²) in [4.78, 5) is 31.8. The van der Waals surface area contributed by atoms with Gasteiger partial charge in [0, 0.05) is 16.7 Å². The first-order valence-electron chi connectivity index (χ1n) is 17.5. The summed E-state index contributed by atoms with van der Waals surface area (Å²) in [5.74, 6) is 3.62. The lowest BCUT2D eigenvalue weighted by molar-refractivity contribution is -0.137. The van der Waals surface area contributed by atoms with E-state index in [4.69, 9.17) is 23.7 Å². The van der Waals surface area contributed by atoms with Gasteiger partial charge in [-0.15, -0.1) is 0 Å². The Hall–Kier alpha value is -6.10. The zero-order chi connectivity index (χ0) is 40.1. The van der Waals surface area contributed by atoms with Crippen molar-refractivity contribution in [2.45, 2.75) is 46.1 Å². The number of methoxy groups -OCH3 is 2. The quantitative estimate of drug-likeness (QED) is 0.0918. The molecule has 0 aliphatic carbocycles. The van der Waals surface area contributed by atoms with Gasteiger partial charge in [0.25, 0.3) is 0 Å². The first-order valence-corrected chi connectivity index (χ1v) is 17.5. The molecule has 290 valence electrons. The van der Waals surface area contributed by atoms with Gasteiger partial charge in [0.05, 0.1) is 26.4 Å². The second-order valence-electron chi connectivity index (χ2n) is 12.0. The minimum atomic E-state index is -4.33. The molecule has 0 radical (unpaired) electrons. The Labute approximate surface area is 319 Å². The second kappa shape index (κ2) is 22.9. The number of rotatable bonds is 16. The molecule has 8 nitrogen and oxygen atoms in total. The van der Waals surface area contributed by atoms with Crippen molar-refractivity contribution in [2.24, 2.45) is 5.92 Å². The summed E-state index contributed by atoms with van der Waals surface area (Å²) in [5.41, 5.74) is 2.73. The van der Waals surface area contributed by atoms with Gasteiger partial charge in [-0.05, 0) is 89.8 Å². The highest BCUT2D eigenvalue weighted by molar-refractivity contribution is 5.77. The van der Waals surface area contributed by atoms with Crippen LogP contribution in [0.25, 0.3) is 0 Å². The summed E-state index contributed by atoms with van der Waals surface area (Å²) >= 11 is 0. The first kappa shape index (κ1) is 43.3. The van der Waals surface area contributed by atoms with Crippen molar-refractivity contribution in [1.82, 2.24) is 0 Å². The molecule has 0 fully saturated rings. The molecule has 0 saturated carbocycles. The zero-order valence-corrected chi connectivity index (χ0v) is 31.2. The fourth-order valence-electron chi connectivity index (χ4n) is 4.82. The molecule has 0 aliphatic rings. The molecule has 5 aromatic rings. The largest absolute Gasteiger partial charge is 0.493 e. The monoisotopic (exact) mass is 758 g/mol. The van der Waals surface area contributed by atoms with E-state index in [2.05, 4.69) is 13.8 Å². The normalized spacial score (nSPS) is 10.5. The molecule has 5 rings (SSSR count). The molecule has 0 heterocycles. The molecule has 55 heavy (non-hydrogen) atoms. The first-order chi connectivity index (χ1) is 26.6. The summed E-state index contributed by atoms with van der Waals surface area (Å²) in [6, 6.07) is 31.5. The number of benzene rings is 5. The van der Waals surface area contributed by atoms with Crippen LogP contribution in [0, 0.1) is 5.92 Å². The summed E-state index contributed by atoms with van der Waals surface area (Å²) in [6.07, 6.45) is 0.177. The van der Waals surface area contributed by atoms with Gasteiger partial charge < -0.3 is 23.7 Å². The average molecular weight is 759 g/mol. The van der Waals surface area contributed by atoms with Crippen LogP contribution in [0.15, 0.2) is 115 Å².